The number of ether oxygens (including phenoxy) is 1. The largest absolute Gasteiger partial charge is 0.370 e. The molecule has 1 aliphatic heterocycles. The van der Waals surface area contributed by atoms with Gasteiger partial charge >= 0.3 is 0 Å². The lowest BCUT2D eigenvalue weighted by Crippen LogP contribution is -2.26. The Balaban J connectivity index is 2.02. The molecule has 0 radical (unpaired) electrons. The van der Waals surface area contributed by atoms with Crippen molar-refractivity contribution >= 4 is 0 Å². The van der Waals surface area contributed by atoms with Crippen LogP contribution in [-0.2, 0) is 4.74 Å². The molecule has 1 unspecified atom stereocenters. The van der Waals surface area contributed by atoms with Gasteiger partial charge in [-0.15, -0.1) is 0 Å². The molecule has 2 rings (SSSR count). The van der Waals surface area contributed by atoms with Gasteiger partial charge in [0.15, 0.2) is 0 Å². The topological polar surface area (TPSA) is 60.2 Å². The zero-order valence-electron chi connectivity index (χ0n) is 11.3. The third-order valence-electron chi connectivity index (χ3n) is 3.35. The van der Waals surface area contributed by atoms with Crippen LogP contribution in [0.5, 0.6) is 0 Å². The molecule has 5 heteroatoms. The van der Waals surface area contributed by atoms with Gasteiger partial charge in [-0.25, -0.2) is 0 Å². The quantitative estimate of drug-likeness (QED) is 0.843. The van der Waals surface area contributed by atoms with E-state index in [2.05, 4.69) is 22.4 Å². The number of aromatic nitrogens is 2. The molecular weight excluding hydrogens is 230 g/mol. The molecule has 0 spiro atoms. The molecule has 102 valence electrons. The summed E-state index contributed by atoms with van der Waals surface area (Å²) in [4.78, 5) is 4.54. The predicted octanol–water partition coefficient (Wildman–Crippen LogP) is 2.41. The average Bonchev–Trinajstić information content (AvgIpc) is 2.89. The van der Waals surface area contributed by atoms with Crippen molar-refractivity contribution in [3.63, 3.8) is 0 Å². The first-order chi connectivity index (χ1) is 8.85. The highest BCUT2D eigenvalue weighted by molar-refractivity contribution is 4.98. The minimum absolute atomic E-state index is 0.0146. The second-order valence-electron chi connectivity index (χ2n) is 4.75. The fourth-order valence-corrected chi connectivity index (χ4v) is 2.36. The molecule has 0 aromatic carbocycles. The molecule has 0 aliphatic carbocycles. The summed E-state index contributed by atoms with van der Waals surface area (Å²) < 4.78 is 11.1. The van der Waals surface area contributed by atoms with E-state index >= 15 is 0 Å². The Morgan fingerprint density at radius 1 is 1.39 bits per heavy atom. The molecular formula is C13H23N3O2. The molecule has 1 fully saturated rings. The summed E-state index contributed by atoms with van der Waals surface area (Å²) >= 11 is 0. The van der Waals surface area contributed by atoms with E-state index in [1.54, 1.807) is 0 Å². The molecule has 1 aromatic heterocycles. The second-order valence-corrected chi connectivity index (χ2v) is 4.75. The van der Waals surface area contributed by atoms with Crippen LogP contribution in [0, 0.1) is 0 Å². The number of hydrogen-bond donors (Lipinski definition) is 1. The maximum absolute atomic E-state index is 5.67. The second kappa shape index (κ2) is 6.85. The van der Waals surface area contributed by atoms with Crippen LogP contribution in [0.2, 0.25) is 0 Å². The molecule has 1 atom stereocenters. The van der Waals surface area contributed by atoms with Crippen LogP contribution in [-0.4, -0.2) is 29.8 Å². The molecule has 1 N–H and O–H groups in total. The van der Waals surface area contributed by atoms with Gasteiger partial charge in [0, 0.05) is 12.5 Å². The predicted molar refractivity (Wildman–Crippen MR) is 68.4 cm³/mol. The van der Waals surface area contributed by atoms with Crippen LogP contribution in [0.15, 0.2) is 4.52 Å². The van der Waals surface area contributed by atoms with Gasteiger partial charge in [0.1, 0.15) is 6.10 Å². The van der Waals surface area contributed by atoms with Crippen molar-refractivity contribution in [3.8, 4) is 0 Å². The summed E-state index contributed by atoms with van der Waals surface area (Å²) in [5, 5.41) is 7.44. The fraction of sp³-hybridized carbons (Fsp3) is 0.846. The Kier molecular flexibility index (Phi) is 5.13. The number of rotatable bonds is 6. The van der Waals surface area contributed by atoms with E-state index in [9.17, 15) is 0 Å². The maximum atomic E-state index is 5.67. The Morgan fingerprint density at radius 3 is 2.83 bits per heavy atom. The lowest BCUT2D eigenvalue weighted by molar-refractivity contribution is 0.0477. The molecule has 1 aliphatic rings. The van der Waals surface area contributed by atoms with E-state index in [-0.39, 0.29) is 6.10 Å². The standard InChI is InChI=1S/C13H23N3O2/c1-3-5-11(17-4-2)12-15-13(18-16-12)10-6-8-14-9-7-10/h10-11,14H,3-9H2,1-2H3. The fourth-order valence-electron chi connectivity index (χ4n) is 2.36. The third-order valence-corrected chi connectivity index (χ3v) is 3.35. The van der Waals surface area contributed by atoms with Gasteiger partial charge in [-0.05, 0) is 39.3 Å². The molecule has 5 nitrogen and oxygen atoms in total. The Hall–Kier alpha value is -0.940. The number of piperidine rings is 1. The van der Waals surface area contributed by atoms with Gasteiger partial charge in [-0.1, -0.05) is 18.5 Å². The van der Waals surface area contributed by atoms with Crippen molar-refractivity contribution in [2.24, 2.45) is 0 Å². The van der Waals surface area contributed by atoms with Crippen molar-refractivity contribution in [2.45, 2.75) is 51.6 Å². The summed E-state index contributed by atoms with van der Waals surface area (Å²) in [6.45, 7) is 6.89. The molecule has 2 heterocycles. The first-order valence-electron chi connectivity index (χ1n) is 7.01. The average molecular weight is 253 g/mol. The minimum Gasteiger partial charge on any atom is -0.370 e. The Bertz CT molecular complexity index is 342. The number of hydrogen-bond acceptors (Lipinski definition) is 5. The highest BCUT2D eigenvalue weighted by Gasteiger charge is 2.24. The van der Waals surface area contributed by atoms with Crippen LogP contribution >= 0.6 is 0 Å². The summed E-state index contributed by atoms with van der Waals surface area (Å²) in [5.74, 6) is 1.91. The highest BCUT2D eigenvalue weighted by Crippen LogP contribution is 2.26. The Labute approximate surface area is 108 Å². The van der Waals surface area contributed by atoms with Gasteiger partial charge in [0.2, 0.25) is 11.7 Å². The van der Waals surface area contributed by atoms with Crippen LogP contribution < -0.4 is 5.32 Å². The van der Waals surface area contributed by atoms with Crippen LogP contribution in [0.1, 0.15) is 63.3 Å². The molecule has 0 bridgehead atoms. The molecule has 0 saturated carbocycles. The van der Waals surface area contributed by atoms with Crippen molar-refractivity contribution in [3.05, 3.63) is 11.7 Å². The maximum Gasteiger partial charge on any atom is 0.229 e. The lowest BCUT2D eigenvalue weighted by Gasteiger charge is -2.18. The zero-order chi connectivity index (χ0) is 12.8. The molecule has 0 amide bonds. The van der Waals surface area contributed by atoms with Crippen LogP contribution in [0.3, 0.4) is 0 Å². The first kappa shape index (κ1) is 13.5. The summed E-state index contributed by atoms with van der Waals surface area (Å²) in [6, 6.07) is 0. The van der Waals surface area contributed by atoms with E-state index < -0.39 is 0 Å². The molecule has 1 aromatic rings. The smallest absolute Gasteiger partial charge is 0.229 e. The lowest BCUT2D eigenvalue weighted by atomic mass is 9.98. The van der Waals surface area contributed by atoms with Crippen molar-refractivity contribution < 1.29 is 9.26 Å². The zero-order valence-corrected chi connectivity index (χ0v) is 11.3. The third kappa shape index (κ3) is 3.29. The molecule has 1 saturated heterocycles. The minimum atomic E-state index is -0.0146. The first-order valence-corrected chi connectivity index (χ1v) is 7.01. The summed E-state index contributed by atoms with van der Waals surface area (Å²) in [6.07, 6.45) is 4.14. The molecule has 18 heavy (non-hydrogen) atoms. The van der Waals surface area contributed by atoms with E-state index in [4.69, 9.17) is 9.26 Å². The summed E-state index contributed by atoms with van der Waals surface area (Å²) in [7, 11) is 0. The Morgan fingerprint density at radius 2 is 2.17 bits per heavy atom. The van der Waals surface area contributed by atoms with Gasteiger partial charge in [0.25, 0.3) is 0 Å². The van der Waals surface area contributed by atoms with Crippen molar-refractivity contribution in [2.75, 3.05) is 19.7 Å². The van der Waals surface area contributed by atoms with Gasteiger partial charge in [-0.2, -0.15) is 4.98 Å². The van der Waals surface area contributed by atoms with Gasteiger partial charge in [0.05, 0.1) is 0 Å². The number of nitrogens with one attached hydrogen (secondary N) is 1. The summed E-state index contributed by atoms with van der Waals surface area (Å²) in [5.41, 5.74) is 0. The van der Waals surface area contributed by atoms with Crippen molar-refractivity contribution in [1.29, 1.82) is 0 Å². The van der Waals surface area contributed by atoms with E-state index in [1.807, 2.05) is 6.92 Å². The SMILES string of the molecule is CCCC(OCC)c1noc(C2CCNCC2)n1. The van der Waals surface area contributed by atoms with Crippen LogP contribution in [0.25, 0.3) is 0 Å². The monoisotopic (exact) mass is 253 g/mol. The van der Waals surface area contributed by atoms with E-state index in [0.29, 0.717) is 18.3 Å². The van der Waals surface area contributed by atoms with Gasteiger partial charge < -0.3 is 14.6 Å². The van der Waals surface area contributed by atoms with Crippen LogP contribution in [0.4, 0.5) is 0 Å². The van der Waals surface area contributed by atoms with Gasteiger partial charge in [-0.3, -0.25) is 0 Å². The highest BCUT2D eigenvalue weighted by atomic mass is 16.5. The van der Waals surface area contributed by atoms with Crippen molar-refractivity contribution in [1.82, 2.24) is 15.5 Å². The van der Waals surface area contributed by atoms with E-state index in [1.165, 1.54) is 0 Å². The normalized spacial score (nSPS) is 19.0. The van der Waals surface area contributed by atoms with E-state index in [0.717, 1.165) is 44.7 Å². The number of nitrogens with zero attached hydrogens (tertiary/aromatic N) is 2.